The first kappa shape index (κ1) is 20.2. The lowest BCUT2D eigenvalue weighted by Crippen LogP contribution is -2.62. The number of anilines is 1. The smallest absolute Gasteiger partial charge is 0.245 e. The average Bonchev–Trinajstić information content (AvgIpc) is 3.73. The number of phenols is 1. The number of benzene rings is 1. The van der Waals surface area contributed by atoms with Crippen LogP contribution in [0.2, 0.25) is 0 Å². The predicted octanol–water partition coefficient (Wildman–Crippen LogP) is 4.76. The number of phenolic OH excluding ortho intramolecular Hbond substituents is 1. The summed E-state index contributed by atoms with van der Waals surface area (Å²) in [6, 6.07) is 5.98. The van der Waals surface area contributed by atoms with E-state index in [2.05, 4.69) is 25.5 Å². The fourth-order valence-electron chi connectivity index (χ4n) is 5.51. The summed E-state index contributed by atoms with van der Waals surface area (Å²) in [4.78, 5) is 10.4. The molecule has 0 spiro atoms. The van der Waals surface area contributed by atoms with Crippen LogP contribution in [0.5, 0.6) is 5.75 Å². The number of pyridine rings is 1. The molecule has 0 unspecified atom stereocenters. The van der Waals surface area contributed by atoms with Crippen LogP contribution in [0, 0.1) is 5.82 Å². The normalized spacial score (nSPS) is 27.1. The van der Waals surface area contributed by atoms with Crippen LogP contribution in [-0.4, -0.2) is 61.8 Å². The third-order valence-corrected chi connectivity index (χ3v) is 7.83. The largest absolute Gasteiger partial charge is 0.507 e. The number of aromatic hydroxyl groups is 1. The highest BCUT2D eigenvalue weighted by molar-refractivity contribution is 7.98. The molecule has 3 aliphatic rings. The lowest BCUT2D eigenvalue weighted by molar-refractivity contribution is 0.103. The molecule has 1 aliphatic carbocycles. The van der Waals surface area contributed by atoms with Gasteiger partial charge in [0.1, 0.15) is 23.4 Å². The second kappa shape index (κ2) is 9.55. The molecule has 0 amide bonds. The molecule has 4 atom stereocenters. The van der Waals surface area contributed by atoms with Crippen molar-refractivity contribution in [1.82, 2.24) is 25.5 Å². The second-order valence-corrected chi connectivity index (χ2v) is 10.4. The molecule has 1 aromatic carbocycles. The van der Waals surface area contributed by atoms with E-state index < -0.39 is 18.2 Å². The molecule has 0 radical (unpaired) electrons. The van der Waals surface area contributed by atoms with Gasteiger partial charge in [0.15, 0.2) is 0 Å². The Labute approximate surface area is 217 Å². The number of piperidine rings is 2. The maximum atomic E-state index is 15.5. The predicted molar refractivity (Wildman–Crippen MR) is 135 cm³/mol. The van der Waals surface area contributed by atoms with E-state index in [9.17, 15) is 9.50 Å². The van der Waals surface area contributed by atoms with Crippen molar-refractivity contribution < 1.29 is 18.0 Å². The Kier molecular flexibility index (Phi) is 5.37. The van der Waals surface area contributed by atoms with Gasteiger partial charge in [0.25, 0.3) is 0 Å². The summed E-state index contributed by atoms with van der Waals surface area (Å²) < 4.78 is 52.2. The van der Waals surface area contributed by atoms with Crippen molar-refractivity contribution >= 4 is 17.7 Å². The maximum Gasteiger partial charge on any atom is 0.245 e. The lowest BCUT2D eigenvalue weighted by atomic mass is 9.82. The van der Waals surface area contributed by atoms with E-state index >= 15 is 4.39 Å². The summed E-state index contributed by atoms with van der Waals surface area (Å²) in [5.41, 5.74) is 1.15. The van der Waals surface area contributed by atoms with Crippen molar-refractivity contribution in [1.29, 1.82) is 0 Å². The number of halogens is 2. The highest BCUT2D eigenvalue weighted by atomic mass is 32.2. The van der Waals surface area contributed by atoms with E-state index in [1.165, 1.54) is 18.3 Å². The molecular weight excluding hydrogens is 482 g/mol. The molecule has 7 nitrogen and oxygen atoms in total. The molecule has 2 saturated heterocycles. The number of nitrogens with zero attached hydrogens (tertiary/aromatic N) is 5. The zero-order valence-electron chi connectivity index (χ0n) is 22.4. The molecule has 3 fully saturated rings. The molecule has 188 valence electrons. The number of hydrogen-bond donors (Lipinski definition) is 2. The minimum Gasteiger partial charge on any atom is -0.507 e. The Bertz CT molecular complexity index is 1360. The minimum absolute atomic E-state index is 0.116. The SMILES string of the molecule is [2H]C([2H])([2H])Sc1cc(-c2ccc(-c3cnc(N(C4CC4)[C@@H]4C[C@@H]5CCC[C@H](N5)[C@@H]4F)nn3)c(O)c2)c(F)cn1. The highest BCUT2D eigenvalue weighted by Gasteiger charge is 2.47. The highest BCUT2D eigenvalue weighted by Crippen LogP contribution is 2.39. The quantitative estimate of drug-likeness (QED) is 0.457. The summed E-state index contributed by atoms with van der Waals surface area (Å²) in [5, 5.41) is 23.0. The zero-order chi connectivity index (χ0) is 27.3. The fourth-order valence-corrected chi connectivity index (χ4v) is 5.79. The van der Waals surface area contributed by atoms with Crippen molar-refractivity contribution in [3.63, 3.8) is 0 Å². The number of rotatable bonds is 6. The first-order valence-electron chi connectivity index (χ1n) is 13.7. The molecule has 2 N–H and O–H groups in total. The lowest BCUT2D eigenvalue weighted by Gasteiger charge is -2.46. The molecule has 2 aromatic heterocycles. The molecule has 10 heteroatoms. The van der Waals surface area contributed by atoms with Gasteiger partial charge < -0.3 is 15.3 Å². The van der Waals surface area contributed by atoms with Gasteiger partial charge in [-0.25, -0.2) is 18.7 Å². The Hall–Kier alpha value is -2.85. The molecule has 1 saturated carbocycles. The Balaban J connectivity index is 1.24. The first-order chi connectivity index (χ1) is 18.7. The van der Waals surface area contributed by atoms with E-state index in [0.717, 1.165) is 38.3 Å². The number of aromatic nitrogens is 4. The summed E-state index contributed by atoms with van der Waals surface area (Å²) in [6.07, 6.45) is 4.73. The maximum absolute atomic E-state index is 15.5. The Morgan fingerprint density at radius 3 is 2.75 bits per heavy atom. The fraction of sp³-hybridized carbons (Fsp3) is 0.462. The molecular formula is C26H28F2N6OS. The van der Waals surface area contributed by atoms with Crippen LogP contribution >= 0.6 is 11.8 Å². The van der Waals surface area contributed by atoms with Crippen molar-refractivity contribution in [2.45, 2.75) is 73.9 Å². The van der Waals surface area contributed by atoms with Gasteiger partial charge in [0.05, 0.1) is 23.5 Å². The van der Waals surface area contributed by atoms with Gasteiger partial charge in [0, 0.05) is 33.4 Å². The molecule has 2 bridgehead atoms. The number of thioether (sulfide) groups is 1. The number of alkyl halides is 1. The van der Waals surface area contributed by atoms with E-state index in [0.29, 0.717) is 47.0 Å². The first-order valence-corrected chi connectivity index (χ1v) is 13.0. The third-order valence-electron chi connectivity index (χ3n) is 7.39. The third kappa shape index (κ3) is 4.41. The number of nitrogens with one attached hydrogen (secondary N) is 1. The topological polar surface area (TPSA) is 87.1 Å². The van der Waals surface area contributed by atoms with Crippen molar-refractivity contribution in [3.05, 3.63) is 42.5 Å². The van der Waals surface area contributed by atoms with Gasteiger partial charge in [0.2, 0.25) is 5.95 Å². The monoisotopic (exact) mass is 513 g/mol. The van der Waals surface area contributed by atoms with Gasteiger partial charge >= 0.3 is 0 Å². The molecule has 36 heavy (non-hydrogen) atoms. The number of fused-ring (bicyclic) bond motifs is 2. The van der Waals surface area contributed by atoms with Gasteiger partial charge in [-0.15, -0.1) is 22.0 Å². The van der Waals surface area contributed by atoms with E-state index in [4.69, 9.17) is 4.11 Å². The standard InChI is InChI=1S/C26H28F2N6OS/c1-36-24-11-18(19(27)12-29-24)14-5-8-17(23(35)9-14)21-13-30-26(33-32-21)34(16-6-7-16)22-10-15-3-2-4-20(31-15)25(22)28/h5,8-9,11-13,15-16,20,22,25,31,35H,2-4,6-7,10H2,1H3/t15-,20-,22+,25-/m0/s1/i1D3. The van der Waals surface area contributed by atoms with Crippen LogP contribution in [-0.2, 0) is 0 Å². The van der Waals surface area contributed by atoms with Crippen LogP contribution < -0.4 is 10.2 Å². The summed E-state index contributed by atoms with van der Waals surface area (Å²) in [5.74, 6) is -0.411. The van der Waals surface area contributed by atoms with Crippen molar-refractivity contribution in [3.8, 4) is 28.1 Å². The Morgan fingerprint density at radius 1 is 1.11 bits per heavy atom. The van der Waals surface area contributed by atoms with Crippen LogP contribution in [0.15, 0.2) is 41.7 Å². The van der Waals surface area contributed by atoms with Crippen LogP contribution in [0.25, 0.3) is 22.4 Å². The van der Waals surface area contributed by atoms with Crippen LogP contribution in [0.1, 0.15) is 42.6 Å². The summed E-state index contributed by atoms with van der Waals surface area (Å²) in [7, 11) is 0. The minimum atomic E-state index is -2.32. The molecule has 6 rings (SSSR count). The average molecular weight is 514 g/mol. The van der Waals surface area contributed by atoms with Gasteiger partial charge in [-0.1, -0.05) is 12.5 Å². The van der Waals surface area contributed by atoms with Gasteiger partial charge in [-0.05, 0) is 62.1 Å². The zero-order valence-corrected chi connectivity index (χ0v) is 20.3. The van der Waals surface area contributed by atoms with Crippen molar-refractivity contribution in [2.24, 2.45) is 0 Å². The number of hydrogen-bond acceptors (Lipinski definition) is 8. The summed E-state index contributed by atoms with van der Waals surface area (Å²) >= 11 is 0.550. The van der Waals surface area contributed by atoms with Gasteiger partial charge in [-0.3, -0.25) is 0 Å². The second-order valence-electron chi connectivity index (χ2n) is 9.77. The van der Waals surface area contributed by atoms with Gasteiger partial charge in [-0.2, -0.15) is 0 Å². The molecule has 2 aliphatic heterocycles. The van der Waals surface area contributed by atoms with E-state index in [-0.39, 0.29) is 34.5 Å². The van der Waals surface area contributed by atoms with Crippen LogP contribution in [0.3, 0.4) is 0 Å². The van der Waals surface area contributed by atoms with E-state index in [1.54, 1.807) is 12.1 Å². The Morgan fingerprint density at radius 2 is 2.00 bits per heavy atom. The molecule has 3 aromatic rings. The van der Waals surface area contributed by atoms with Crippen LogP contribution in [0.4, 0.5) is 14.7 Å². The van der Waals surface area contributed by atoms with Crippen molar-refractivity contribution in [2.75, 3.05) is 11.1 Å². The molecule has 4 heterocycles. The summed E-state index contributed by atoms with van der Waals surface area (Å²) in [6.45, 7) is 0. The van der Waals surface area contributed by atoms with E-state index in [1.807, 2.05) is 4.90 Å².